The fraction of sp³-hybridized carbons (Fsp3) is 0.391. The molecule has 0 saturated carbocycles. The predicted molar refractivity (Wildman–Crippen MR) is 120 cm³/mol. The molecule has 2 atom stereocenters. The van der Waals surface area contributed by atoms with Crippen molar-refractivity contribution in [3.05, 3.63) is 47.7 Å². The van der Waals surface area contributed by atoms with Crippen LogP contribution < -0.4 is 9.64 Å². The molecule has 2 unspecified atom stereocenters. The molecule has 3 aromatic rings. The number of carbonyl (C=O) groups excluding carboxylic acids is 2. The Hall–Kier alpha value is -3.20. The van der Waals surface area contributed by atoms with Gasteiger partial charge in [0.2, 0.25) is 17.7 Å². The van der Waals surface area contributed by atoms with Crippen LogP contribution in [-0.4, -0.2) is 53.7 Å². The normalized spacial score (nSPS) is 21.2. The SMILES string of the molecule is COc1ccc(N2CC(C(=O)N3CCCC(c4nnc(-c5cccs5)o4)C3)CC2=O)cc1. The van der Waals surface area contributed by atoms with Gasteiger partial charge in [0.1, 0.15) is 5.75 Å². The molecule has 0 radical (unpaired) electrons. The number of thiophene rings is 1. The van der Waals surface area contributed by atoms with E-state index in [-0.39, 0.29) is 30.1 Å². The maximum absolute atomic E-state index is 13.3. The Morgan fingerprint density at radius 1 is 1.19 bits per heavy atom. The Morgan fingerprint density at radius 2 is 2.03 bits per heavy atom. The van der Waals surface area contributed by atoms with Crippen molar-refractivity contribution < 1.29 is 18.7 Å². The molecule has 2 amide bonds. The van der Waals surface area contributed by atoms with Crippen molar-refractivity contribution in [2.75, 3.05) is 31.6 Å². The second kappa shape index (κ2) is 8.74. The minimum absolute atomic E-state index is 0.0173. The van der Waals surface area contributed by atoms with Crippen molar-refractivity contribution in [2.45, 2.75) is 25.2 Å². The maximum atomic E-state index is 13.3. The summed E-state index contributed by atoms with van der Waals surface area (Å²) in [7, 11) is 1.61. The summed E-state index contributed by atoms with van der Waals surface area (Å²) in [5.74, 6) is 1.51. The van der Waals surface area contributed by atoms with Gasteiger partial charge in [0, 0.05) is 31.7 Å². The summed E-state index contributed by atoms with van der Waals surface area (Å²) >= 11 is 1.55. The molecule has 5 rings (SSSR count). The van der Waals surface area contributed by atoms with Gasteiger partial charge < -0.3 is 19.0 Å². The first-order valence-electron chi connectivity index (χ1n) is 10.7. The lowest BCUT2D eigenvalue weighted by molar-refractivity contribution is -0.137. The lowest BCUT2D eigenvalue weighted by atomic mass is 9.96. The molecule has 0 N–H and O–H groups in total. The third-order valence-electron chi connectivity index (χ3n) is 6.11. The van der Waals surface area contributed by atoms with Gasteiger partial charge in [0.15, 0.2) is 0 Å². The van der Waals surface area contributed by atoms with E-state index in [0.29, 0.717) is 31.4 Å². The lowest BCUT2D eigenvalue weighted by Gasteiger charge is -2.32. The molecule has 2 aliphatic rings. The molecule has 4 heterocycles. The van der Waals surface area contributed by atoms with Crippen LogP contribution in [0.25, 0.3) is 10.8 Å². The first-order valence-corrected chi connectivity index (χ1v) is 11.6. The van der Waals surface area contributed by atoms with Crippen LogP contribution in [-0.2, 0) is 9.59 Å². The molecule has 8 nitrogen and oxygen atoms in total. The van der Waals surface area contributed by atoms with Crippen molar-refractivity contribution in [2.24, 2.45) is 5.92 Å². The summed E-state index contributed by atoms with van der Waals surface area (Å²) in [5.41, 5.74) is 0.787. The highest BCUT2D eigenvalue weighted by Gasteiger charge is 2.39. The van der Waals surface area contributed by atoms with E-state index in [4.69, 9.17) is 9.15 Å². The third kappa shape index (κ3) is 4.00. The molecule has 0 spiro atoms. The molecular weight excluding hydrogens is 428 g/mol. The fourth-order valence-corrected chi connectivity index (χ4v) is 5.07. The number of piperidine rings is 1. The highest BCUT2D eigenvalue weighted by molar-refractivity contribution is 7.13. The molecule has 2 fully saturated rings. The molecule has 1 aromatic carbocycles. The van der Waals surface area contributed by atoms with E-state index in [1.807, 2.05) is 46.7 Å². The van der Waals surface area contributed by atoms with Crippen LogP contribution in [0.1, 0.15) is 31.1 Å². The Morgan fingerprint density at radius 3 is 2.78 bits per heavy atom. The Balaban J connectivity index is 1.25. The average Bonchev–Trinajstić information content (AvgIpc) is 3.59. The van der Waals surface area contributed by atoms with Gasteiger partial charge in [-0.1, -0.05) is 6.07 Å². The molecule has 0 aliphatic carbocycles. The minimum Gasteiger partial charge on any atom is -0.497 e. The number of hydrogen-bond donors (Lipinski definition) is 0. The number of benzene rings is 1. The Kier molecular flexibility index (Phi) is 5.65. The van der Waals surface area contributed by atoms with Crippen LogP contribution in [0, 0.1) is 5.92 Å². The summed E-state index contributed by atoms with van der Waals surface area (Å²) in [5, 5.41) is 10.4. The molecular formula is C23H24N4O4S. The van der Waals surface area contributed by atoms with E-state index < -0.39 is 0 Å². The number of nitrogens with zero attached hydrogens (tertiary/aromatic N) is 4. The van der Waals surface area contributed by atoms with Crippen molar-refractivity contribution in [3.8, 4) is 16.5 Å². The summed E-state index contributed by atoms with van der Waals surface area (Å²) < 4.78 is 11.1. The van der Waals surface area contributed by atoms with E-state index in [0.717, 1.165) is 29.2 Å². The molecule has 166 valence electrons. The zero-order chi connectivity index (χ0) is 22.1. The van der Waals surface area contributed by atoms with Crippen LogP contribution in [0.2, 0.25) is 0 Å². The van der Waals surface area contributed by atoms with Crippen molar-refractivity contribution in [1.29, 1.82) is 0 Å². The summed E-state index contributed by atoms with van der Waals surface area (Å²) in [6.07, 6.45) is 2.00. The molecule has 2 aromatic heterocycles. The van der Waals surface area contributed by atoms with Gasteiger partial charge in [-0.25, -0.2) is 0 Å². The zero-order valence-corrected chi connectivity index (χ0v) is 18.6. The number of likely N-dealkylation sites (tertiary alicyclic amines) is 1. The van der Waals surface area contributed by atoms with Gasteiger partial charge in [-0.15, -0.1) is 21.5 Å². The molecule has 0 bridgehead atoms. The van der Waals surface area contributed by atoms with Crippen molar-refractivity contribution >= 4 is 28.8 Å². The smallest absolute Gasteiger partial charge is 0.257 e. The quantitative estimate of drug-likeness (QED) is 0.588. The van der Waals surface area contributed by atoms with Gasteiger partial charge in [0.05, 0.1) is 23.8 Å². The van der Waals surface area contributed by atoms with Crippen molar-refractivity contribution in [3.63, 3.8) is 0 Å². The monoisotopic (exact) mass is 452 g/mol. The lowest BCUT2D eigenvalue weighted by Crippen LogP contribution is -2.43. The Labute approximate surface area is 189 Å². The van der Waals surface area contributed by atoms with Gasteiger partial charge in [0.25, 0.3) is 5.89 Å². The second-order valence-corrected chi connectivity index (χ2v) is 9.10. The topological polar surface area (TPSA) is 88.8 Å². The predicted octanol–water partition coefficient (Wildman–Crippen LogP) is 3.57. The van der Waals surface area contributed by atoms with Gasteiger partial charge >= 0.3 is 0 Å². The summed E-state index contributed by atoms with van der Waals surface area (Å²) in [6.45, 7) is 1.63. The standard InChI is InChI=1S/C23H24N4O4S/c1-30-18-8-6-17(7-9-18)27-14-16(12-20(27)28)23(29)26-10-2-4-15(13-26)21-24-25-22(31-21)19-5-3-11-32-19/h3,5-9,11,15-16H,2,4,10,12-14H2,1H3. The van der Waals surface area contributed by atoms with Gasteiger partial charge in [-0.05, 0) is 48.6 Å². The zero-order valence-electron chi connectivity index (χ0n) is 17.8. The van der Waals surface area contributed by atoms with E-state index in [1.165, 1.54) is 0 Å². The average molecular weight is 453 g/mol. The molecule has 32 heavy (non-hydrogen) atoms. The van der Waals surface area contributed by atoms with E-state index in [9.17, 15) is 9.59 Å². The number of anilines is 1. The second-order valence-electron chi connectivity index (χ2n) is 8.15. The molecule has 2 aliphatic heterocycles. The molecule has 9 heteroatoms. The Bertz CT molecular complexity index is 1100. The highest BCUT2D eigenvalue weighted by atomic mass is 32.1. The number of amides is 2. The number of aromatic nitrogens is 2. The fourth-order valence-electron chi connectivity index (χ4n) is 4.42. The number of methoxy groups -OCH3 is 1. The first-order chi connectivity index (χ1) is 15.6. The van der Waals surface area contributed by atoms with E-state index >= 15 is 0 Å². The number of rotatable bonds is 5. The van der Waals surface area contributed by atoms with Gasteiger partial charge in [-0.3, -0.25) is 9.59 Å². The maximum Gasteiger partial charge on any atom is 0.257 e. The van der Waals surface area contributed by atoms with Crippen LogP contribution in [0.15, 0.2) is 46.2 Å². The third-order valence-corrected chi connectivity index (χ3v) is 6.97. The number of ether oxygens (including phenoxy) is 1. The van der Waals surface area contributed by atoms with E-state index in [1.54, 1.807) is 23.3 Å². The number of carbonyl (C=O) groups is 2. The summed E-state index contributed by atoms with van der Waals surface area (Å²) in [4.78, 5) is 30.4. The van der Waals surface area contributed by atoms with Gasteiger partial charge in [-0.2, -0.15) is 0 Å². The largest absolute Gasteiger partial charge is 0.497 e. The number of hydrogen-bond acceptors (Lipinski definition) is 7. The van der Waals surface area contributed by atoms with Crippen LogP contribution in [0.4, 0.5) is 5.69 Å². The highest BCUT2D eigenvalue weighted by Crippen LogP contribution is 2.32. The first kappa shape index (κ1) is 20.7. The van der Waals surface area contributed by atoms with Crippen LogP contribution in [0.3, 0.4) is 0 Å². The minimum atomic E-state index is -0.340. The van der Waals surface area contributed by atoms with Crippen LogP contribution >= 0.6 is 11.3 Å². The van der Waals surface area contributed by atoms with E-state index in [2.05, 4.69) is 10.2 Å². The van der Waals surface area contributed by atoms with Crippen LogP contribution in [0.5, 0.6) is 5.75 Å². The van der Waals surface area contributed by atoms with Crippen molar-refractivity contribution in [1.82, 2.24) is 15.1 Å². The molecule has 2 saturated heterocycles. The summed E-state index contributed by atoms with van der Waals surface area (Å²) in [6, 6.07) is 11.2.